The highest BCUT2D eigenvalue weighted by Crippen LogP contribution is 2.18. The van der Waals surface area contributed by atoms with E-state index in [0.29, 0.717) is 11.3 Å². The van der Waals surface area contributed by atoms with E-state index in [1.165, 1.54) is 25.1 Å². The van der Waals surface area contributed by atoms with Crippen LogP contribution in [-0.2, 0) is 14.3 Å². The van der Waals surface area contributed by atoms with Crippen molar-refractivity contribution in [3.63, 3.8) is 0 Å². The molecular weight excluding hydrogens is 300 g/mol. The molecule has 0 bridgehead atoms. The summed E-state index contributed by atoms with van der Waals surface area (Å²) in [6.07, 6.45) is 1.98. The Kier molecular flexibility index (Phi) is 5.56. The third-order valence-electron chi connectivity index (χ3n) is 3.38. The monoisotopic (exact) mass is 320 g/mol. The van der Waals surface area contributed by atoms with Crippen LogP contribution in [0.25, 0.3) is 0 Å². The Labute approximate surface area is 134 Å². The van der Waals surface area contributed by atoms with Gasteiger partial charge in [-0.25, -0.2) is 4.79 Å². The lowest BCUT2D eigenvalue weighted by molar-refractivity contribution is -0.137. The number of nitrogens with one attached hydrogen (secondary N) is 1. The number of nitrogens with zero attached hydrogens (tertiary/aromatic N) is 1. The summed E-state index contributed by atoms with van der Waals surface area (Å²) >= 11 is 0. The molecular formula is C16H20N2O5. The number of likely N-dealkylation sites (N-methyl/N-ethyl adjacent to an activating group) is 1. The largest absolute Gasteiger partial charge is 0.497 e. The van der Waals surface area contributed by atoms with Gasteiger partial charge in [-0.15, -0.1) is 0 Å². The van der Waals surface area contributed by atoms with E-state index < -0.39 is 18.5 Å². The number of hydrogen-bond donors (Lipinski definition) is 1. The molecule has 1 aliphatic rings. The van der Waals surface area contributed by atoms with Crippen molar-refractivity contribution < 1.29 is 23.9 Å². The van der Waals surface area contributed by atoms with Crippen LogP contribution in [0, 0.1) is 0 Å². The predicted octanol–water partition coefficient (Wildman–Crippen LogP) is 0.589. The molecule has 0 unspecified atom stereocenters. The summed E-state index contributed by atoms with van der Waals surface area (Å²) in [5, 5.41) is 2.79. The summed E-state index contributed by atoms with van der Waals surface area (Å²) in [5.74, 6) is -0.734. The van der Waals surface area contributed by atoms with E-state index in [0.717, 1.165) is 12.8 Å². The van der Waals surface area contributed by atoms with Gasteiger partial charge in [-0.1, -0.05) is 6.07 Å². The number of benzene rings is 1. The first-order chi connectivity index (χ1) is 11.0. The van der Waals surface area contributed by atoms with Crippen molar-refractivity contribution in [2.24, 2.45) is 0 Å². The van der Waals surface area contributed by atoms with Gasteiger partial charge in [0.2, 0.25) is 5.91 Å². The van der Waals surface area contributed by atoms with Gasteiger partial charge in [-0.3, -0.25) is 9.59 Å². The fourth-order valence-corrected chi connectivity index (χ4v) is 1.88. The molecule has 1 saturated carbocycles. The van der Waals surface area contributed by atoms with Gasteiger partial charge >= 0.3 is 5.97 Å². The Morgan fingerprint density at radius 2 is 2.04 bits per heavy atom. The Hall–Kier alpha value is -2.57. The first-order valence-electron chi connectivity index (χ1n) is 7.34. The number of esters is 1. The normalized spacial score (nSPS) is 13.1. The van der Waals surface area contributed by atoms with E-state index in [1.54, 1.807) is 18.2 Å². The number of carbonyl (C=O) groups is 3. The van der Waals surface area contributed by atoms with Crippen molar-refractivity contribution in [3.05, 3.63) is 29.8 Å². The minimum atomic E-state index is -0.618. The average molecular weight is 320 g/mol. The van der Waals surface area contributed by atoms with E-state index in [9.17, 15) is 14.4 Å². The molecule has 0 aliphatic heterocycles. The number of hydrogen-bond acceptors (Lipinski definition) is 5. The zero-order valence-electron chi connectivity index (χ0n) is 13.2. The summed E-state index contributed by atoms with van der Waals surface area (Å²) in [4.78, 5) is 36.6. The fourth-order valence-electron chi connectivity index (χ4n) is 1.88. The first-order valence-corrected chi connectivity index (χ1v) is 7.34. The lowest BCUT2D eigenvalue weighted by atomic mass is 10.2. The van der Waals surface area contributed by atoms with Gasteiger partial charge < -0.3 is 19.7 Å². The van der Waals surface area contributed by atoms with Crippen LogP contribution in [0.2, 0.25) is 0 Å². The maximum absolute atomic E-state index is 11.9. The fraction of sp³-hybridized carbons (Fsp3) is 0.438. The molecule has 1 aromatic rings. The summed E-state index contributed by atoms with van der Waals surface area (Å²) < 4.78 is 9.99. The van der Waals surface area contributed by atoms with Crippen molar-refractivity contribution in [3.8, 4) is 5.75 Å². The highest BCUT2D eigenvalue weighted by molar-refractivity contribution is 5.92. The number of methoxy groups -OCH3 is 1. The molecule has 1 fully saturated rings. The van der Waals surface area contributed by atoms with E-state index in [-0.39, 0.29) is 18.5 Å². The van der Waals surface area contributed by atoms with Crippen LogP contribution < -0.4 is 10.1 Å². The van der Waals surface area contributed by atoms with Crippen molar-refractivity contribution in [2.45, 2.75) is 18.9 Å². The van der Waals surface area contributed by atoms with E-state index >= 15 is 0 Å². The Morgan fingerprint density at radius 1 is 1.30 bits per heavy atom. The van der Waals surface area contributed by atoms with E-state index in [2.05, 4.69) is 5.32 Å². The molecule has 1 aromatic carbocycles. The van der Waals surface area contributed by atoms with Crippen LogP contribution in [0.15, 0.2) is 24.3 Å². The molecule has 0 heterocycles. The second-order valence-corrected chi connectivity index (χ2v) is 5.40. The Bertz CT molecular complexity index is 598. The maximum Gasteiger partial charge on any atom is 0.338 e. The zero-order valence-corrected chi connectivity index (χ0v) is 13.2. The molecule has 7 nitrogen and oxygen atoms in total. The molecule has 7 heteroatoms. The second-order valence-electron chi connectivity index (χ2n) is 5.40. The third-order valence-corrected chi connectivity index (χ3v) is 3.38. The summed E-state index contributed by atoms with van der Waals surface area (Å²) in [7, 11) is 2.99. The molecule has 124 valence electrons. The smallest absolute Gasteiger partial charge is 0.338 e. The lowest BCUT2D eigenvalue weighted by Gasteiger charge is -2.16. The van der Waals surface area contributed by atoms with Gasteiger partial charge in [0, 0.05) is 13.1 Å². The highest BCUT2D eigenvalue weighted by Gasteiger charge is 2.24. The van der Waals surface area contributed by atoms with Crippen LogP contribution in [-0.4, -0.2) is 56.0 Å². The van der Waals surface area contributed by atoms with Gasteiger partial charge in [0.1, 0.15) is 5.75 Å². The number of amides is 2. The van der Waals surface area contributed by atoms with Crippen molar-refractivity contribution >= 4 is 17.8 Å². The highest BCUT2D eigenvalue weighted by atomic mass is 16.5. The van der Waals surface area contributed by atoms with Crippen LogP contribution in [0.1, 0.15) is 23.2 Å². The Morgan fingerprint density at radius 3 is 2.70 bits per heavy atom. The molecule has 0 spiro atoms. The van der Waals surface area contributed by atoms with Gasteiger partial charge in [-0.2, -0.15) is 0 Å². The quantitative estimate of drug-likeness (QED) is 0.743. The number of ether oxygens (including phenoxy) is 2. The summed E-state index contributed by atoms with van der Waals surface area (Å²) in [6.45, 7) is -0.463. The minimum Gasteiger partial charge on any atom is -0.497 e. The van der Waals surface area contributed by atoms with Crippen molar-refractivity contribution in [1.82, 2.24) is 10.2 Å². The molecule has 0 saturated heterocycles. The first kappa shape index (κ1) is 16.8. The maximum atomic E-state index is 11.9. The van der Waals surface area contributed by atoms with Crippen LogP contribution in [0.4, 0.5) is 0 Å². The molecule has 2 rings (SSSR count). The molecule has 0 aromatic heterocycles. The number of carbonyl (C=O) groups excluding carboxylic acids is 3. The number of rotatable bonds is 7. The van der Waals surface area contributed by atoms with Crippen molar-refractivity contribution in [1.29, 1.82) is 0 Å². The summed E-state index contributed by atoms with van der Waals surface area (Å²) in [5.41, 5.74) is 0.297. The lowest BCUT2D eigenvalue weighted by Crippen LogP contribution is -2.40. The Balaban J connectivity index is 1.77. The molecule has 0 radical (unpaired) electrons. The molecule has 1 N–H and O–H groups in total. The minimum absolute atomic E-state index is 0.0496. The average Bonchev–Trinajstić information content (AvgIpc) is 3.35. The topological polar surface area (TPSA) is 84.9 Å². The zero-order chi connectivity index (χ0) is 16.8. The van der Waals surface area contributed by atoms with Crippen LogP contribution in [0.3, 0.4) is 0 Å². The molecule has 1 aliphatic carbocycles. The second kappa shape index (κ2) is 7.62. The summed E-state index contributed by atoms with van der Waals surface area (Å²) in [6, 6.07) is 6.71. The molecule has 2 amide bonds. The van der Waals surface area contributed by atoms with E-state index in [1.807, 2.05) is 0 Å². The molecule has 0 atom stereocenters. The predicted molar refractivity (Wildman–Crippen MR) is 82.1 cm³/mol. The van der Waals surface area contributed by atoms with Crippen LogP contribution >= 0.6 is 0 Å². The van der Waals surface area contributed by atoms with Gasteiger partial charge in [0.05, 0.1) is 19.2 Å². The van der Waals surface area contributed by atoms with Gasteiger partial charge in [-0.05, 0) is 31.0 Å². The standard InChI is InChI=1S/C16H20N2O5/c1-18(9-14(19)17-12-6-7-12)15(20)10-23-16(21)11-4-3-5-13(8-11)22-2/h3-5,8,12H,6-7,9-10H2,1-2H3,(H,17,19). The third kappa shape index (κ3) is 5.28. The van der Waals surface area contributed by atoms with Gasteiger partial charge in [0.25, 0.3) is 5.91 Å². The van der Waals surface area contributed by atoms with E-state index in [4.69, 9.17) is 9.47 Å². The van der Waals surface area contributed by atoms with Gasteiger partial charge in [0.15, 0.2) is 6.61 Å². The molecule has 23 heavy (non-hydrogen) atoms. The SMILES string of the molecule is COc1cccc(C(=O)OCC(=O)N(C)CC(=O)NC2CC2)c1. The van der Waals surface area contributed by atoms with Crippen LogP contribution in [0.5, 0.6) is 5.75 Å². The van der Waals surface area contributed by atoms with Crippen molar-refractivity contribution in [2.75, 3.05) is 27.3 Å².